The van der Waals surface area contributed by atoms with Crippen LogP contribution in [-0.2, 0) is 9.53 Å². The van der Waals surface area contributed by atoms with Crippen LogP contribution in [0.25, 0.3) is 0 Å². The van der Waals surface area contributed by atoms with Crippen LogP contribution in [0.15, 0.2) is 24.3 Å². The zero-order valence-electron chi connectivity index (χ0n) is 9.70. The predicted molar refractivity (Wildman–Crippen MR) is 61.6 cm³/mol. The van der Waals surface area contributed by atoms with Crippen molar-refractivity contribution in [3.8, 4) is 5.75 Å². The van der Waals surface area contributed by atoms with E-state index in [0.717, 1.165) is 0 Å². The lowest BCUT2D eigenvalue weighted by molar-refractivity contribution is -0.384. The molecular formula is C11H10N2O6. The number of nitro benzene ring substituents is 1. The van der Waals surface area contributed by atoms with Crippen LogP contribution in [0.4, 0.5) is 10.5 Å². The lowest BCUT2D eigenvalue weighted by Crippen LogP contribution is -2.23. The number of nitrogens with zero attached hydrogens (tertiary/aromatic N) is 1. The van der Waals surface area contributed by atoms with E-state index >= 15 is 0 Å². The van der Waals surface area contributed by atoms with Crippen molar-refractivity contribution in [1.29, 1.82) is 0 Å². The number of nitrogens with one attached hydrogen (secondary N) is 1. The monoisotopic (exact) mass is 266 g/mol. The summed E-state index contributed by atoms with van der Waals surface area (Å²) in [7, 11) is 0. The molecule has 1 aromatic carbocycles. The SMILES string of the molecule is O=C1CC(OC(=O)Oc2ccc([N+](=O)[O-])cc2)CN1. The Morgan fingerprint density at radius 2 is 2.05 bits per heavy atom. The van der Waals surface area contributed by atoms with Crippen LogP contribution in [0.5, 0.6) is 5.75 Å². The van der Waals surface area contributed by atoms with Crippen LogP contribution >= 0.6 is 0 Å². The first kappa shape index (κ1) is 12.8. The molecule has 1 amide bonds. The first-order chi connectivity index (χ1) is 9.04. The van der Waals surface area contributed by atoms with E-state index in [1.807, 2.05) is 0 Å². The number of carbonyl (C=O) groups excluding carboxylic acids is 2. The van der Waals surface area contributed by atoms with Gasteiger partial charge in [0.25, 0.3) is 5.69 Å². The third kappa shape index (κ3) is 3.41. The van der Waals surface area contributed by atoms with E-state index in [2.05, 4.69) is 5.32 Å². The maximum Gasteiger partial charge on any atom is 0.514 e. The predicted octanol–water partition coefficient (Wildman–Crippen LogP) is 0.999. The molecule has 19 heavy (non-hydrogen) atoms. The number of nitro groups is 1. The number of ether oxygens (including phenoxy) is 2. The summed E-state index contributed by atoms with van der Waals surface area (Å²) in [6, 6.07) is 5.00. The summed E-state index contributed by atoms with van der Waals surface area (Å²) in [4.78, 5) is 32.1. The maximum atomic E-state index is 11.4. The molecule has 8 nitrogen and oxygen atoms in total. The minimum absolute atomic E-state index is 0.105. The number of amides is 1. The van der Waals surface area contributed by atoms with Gasteiger partial charge in [-0.25, -0.2) is 4.79 Å². The highest BCUT2D eigenvalue weighted by molar-refractivity contribution is 5.79. The molecule has 1 heterocycles. The van der Waals surface area contributed by atoms with E-state index in [1.54, 1.807) is 0 Å². The summed E-state index contributed by atoms with van der Waals surface area (Å²) < 4.78 is 9.71. The van der Waals surface area contributed by atoms with Gasteiger partial charge >= 0.3 is 6.16 Å². The number of rotatable bonds is 3. The van der Waals surface area contributed by atoms with Gasteiger partial charge in [-0.15, -0.1) is 0 Å². The number of hydrogen-bond acceptors (Lipinski definition) is 6. The van der Waals surface area contributed by atoms with Crippen molar-refractivity contribution in [2.75, 3.05) is 6.54 Å². The van der Waals surface area contributed by atoms with Gasteiger partial charge in [-0.1, -0.05) is 0 Å². The quantitative estimate of drug-likeness (QED) is 0.378. The van der Waals surface area contributed by atoms with Crippen molar-refractivity contribution in [3.63, 3.8) is 0 Å². The van der Waals surface area contributed by atoms with Crippen LogP contribution in [0.1, 0.15) is 6.42 Å². The van der Waals surface area contributed by atoms with Gasteiger partial charge in [0.15, 0.2) is 0 Å². The minimum Gasteiger partial charge on any atom is -0.428 e. The van der Waals surface area contributed by atoms with Crippen LogP contribution in [0.2, 0.25) is 0 Å². The van der Waals surface area contributed by atoms with E-state index in [4.69, 9.17) is 9.47 Å². The summed E-state index contributed by atoms with van der Waals surface area (Å²) in [5, 5.41) is 12.9. The second-order valence-corrected chi connectivity index (χ2v) is 3.85. The van der Waals surface area contributed by atoms with Crippen LogP contribution in [-0.4, -0.2) is 29.6 Å². The Morgan fingerprint density at radius 3 is 2.58 bits per heavy atom. The Kier molecular flexibility index (Phi) is 3.60. The second kappa shape index (κ2) is 5.34. The van der Waals surface area contributed by atoms with Crippen LogP contribution in [0, 0.1) is 10.1 Å². The zero-order chi connectivity index (χ0) is 13.8. The van der Waals surface area contributed by atoms with Gasteiger partial charge in [-0.2, -0.15) is 0 Å². The molecule has 1 aliphatic rings. The number of non-ortho nitro benzene ring substituents is 1. The second-order valence-electron chi connectivity index (χ2n) is 3.85. The summed E-state index contributed by atoms with van der Waals surface area (Å²) in [6.45, 7) is 0.258. The van der Waals surface area contributed by atoms with Gasteiger partial charge < -0.3 is 14.8 Å². The molecule has 1 atom stereocenters. The van der Waals surface area contributed by atoms with Crippen LogP contribution in [0.3, 0.4) is 0 Å². The fourth-order valence-corrected chi connectivity index (χ4v) is 1.55. The van der Waals surface area contributed by atoms with Gasteiger partial charge in [0.2, 0.25) is 5.91 Å². The fraction of sp³-hybridized carbons (Fsp3) is 0.273. The minimum atomic E-state index is -0.949. The Hall–Kier alpha value is -2.64. The van der Waals surface area contributed by atoms with Gasteiger partial charge in [-0.05, 0) is 12.1 Å². The summed E-state index contributed by atoms with van der Waals surface area (Å²) >= 11 is 0. The van der Waals surface area contributed by atoms with Gasteiger partial charge in [0, 0.05) is 12.1 Å². The van der Waals surface area contributed by atoms with Crippen LogP contribution < -0.4 is 10.1 Å². The number of carbonyl (C=O) groups is 2. The zero-order valence-corrected chi connectivity index (χ0v) is 9.70. The Balaban J connectivity index is 1.88. The van der Waals surface area contributed by atoms with E-state index in [0.29, 0.717) is 0 Å². The summed E-state index contributed by atoms with van der Waals surface area (Å²) in [5.74, 6) is -0.0546. The van der Waals surface area contributed by atoms with Crippen molar-refractivity contribution >= 4 is 17.7 Å². The Bertz CT molecular complexity index is 512. The summed E-state index contributed by atoms with van der Waals surface area (Å²) in [6.07, 6.45) is -1.39. The molecule has 1 saturated heterocycles. The maximum absolute atomic E-state index is 11.4. The molecule has 2 rings (SSSR count). The number of hydrogen-bond donors (Lipinski definition) is 1. The van der Waals surface area contributed by atoms with E-state index in [9.17, 15) is 19.7 Å². The lowest BCUT2D eigenvalue weighted by Gasteiger charge is -2.09. The molecule has 1 fully saturated rings. The van der Waals surface area contributed by atoms with E-state index < -0.39 is 17.2 Å². The first-order valence-corrected chi connectivity index (χ1v) is 5.44. The van der Waals surface area contributed by atoms with Crippen molar-refractivity contribution in [3.05, 3.63) is 34.4 Å². The molecule has 0 aliphatic carbocycles. The normalized spacial score (nSPS) is 17.7. The Morgan fingerprint density at radius 1 is 1.37 bits per heavy atom. The molecule has 0 bridgehead atoms. The fourth-order valence-electron chi connectivity index (χ4n) is 1.55. The van der Waals surface area contributed by atoms with Gasteiger partial charge in [0.1, 0.15) is 11.9 Å². The average molecular weight is 266 g/mol. The smallest absolute Gasteiger partial charge is 0.428 e. The largest absolute Gasteiger partial charge is 0.514 e. The lowest BCUT2D eigenvalue weighted by atomic mass is 10.3. The standard InChI is InChI=1S/C11H10N2O6/c14-10-5-9(6-12-10)19-11(15)18-8-3-1-7(2-4-8)13(16)17/h1-4,9H,5-6H2,(H,12,14). The van der Waals surface area contributed by atoms with Crippen molar-refractivity contribution in [1.82, 2.24) is 5.32 Å². The highest BCUT2D eigenvalue weighted by atomic mass is 16.7. The number of benzene rings is 1. The molecule has 100 valence electrons. The summed E-state index contributed by atoms with van der Waals surface area (Å²) in [5.41, 5.74) is -0.105. The Labute approximate surface area is 107 Å². The third-order valence-electron chi connectivity index (χ3n) is 2.45. The molecule has 0 aromatic heterocycles. The molecule has 1 N–H and O–H groups in total. The molecule has 8 heteroatoms. The molecule has 1 aromatic rings. The van der Waals surface area contributed by atoms with Crippen molar-refractivity contribution in [2.45, 2.75) is 12.5 Å². The van der Waals surface area contributed by atoms with Crippen molar-refractivity contribution in [2.24, 2.45) is 0 Å². The highest BCUT2D eigenvalue weighted by Crippen LogP contribution is 2.18. The van der Waals surface area contributed by atoms with Gasteiger partial charge in [-0.3, -0.25) is 14.9 Å². The third-order valence-corrected chi connectivity index (χ3v) is 2.45. The molecule has 0 saturated carbocycles. The first-order valence-electron chi connectivity index (χ1n) is 5.44. The average Bonchev–Trinajstić information content (AvgIpc) is 2.75. The molecule has 1 unspecified atom stereocenters. The molecule has 0 radical (unpaired) electrons. The molecular weight excluding hydrogens is 256 g/mol. The highest BCUT2D eigenvalue weighted by Gasteiger charge is 2.25. The van der Waals surface area contributed by atoms with E-state index in [-0.39, 0.29) is 30.3 Å². The van der Waals surface area contributed by atoms with Gasteiger partial charge in [0.05, 0.1) is 17.9 Å². The molecule has 0 spiro atoms. The molecule has 1 aliphatic heterocycles. The van der Waals surface area contributed by atoms with E-state index in [1.165, 1.54) is 24.3 Å². The van der Waals surface area contributed by atoms with Crippen molar-refractivity contribution < 1.29 is 24.0 Å². The topological polar surface area (TPSA) is 108 Å².